The maximum Gasteiger partial charge on any atom is 0.0422 e. The van der Waals surface area contributed by atoms with Crippen LogP contribution in [0.25, 0.3) is 5.57 Å². The topological polar surface area (TPSA) is 26.0 Å². The second kappa shape index (κ2) is 2.71. The molecule has 1 aromatic rings. The van der Waals surface area contributed by atoms with E-state index in [1.165, 1.54) is 16.7 Å². The minimum atomic E-state index is -0.184. The normalized spacial score (nSPS) is 26.5. The van der Waals surface area contributed by atoms with Gasteiger partial charge >= 0.3 is 0 Å². The van der Waals surface area contributed by atoms with Crippen LogP contribution >= 0.6 is 0 Å². The Morgan fingerprint density at radius 3 is 2.69 bits per heavy atom. The summed E-state index contributed by atoms with van der Waals surface area (Å²) in [5.74, 6) is 0. The molecule has 0 aliphatic heterocycles. The zero-order valence-electron chi connectivity index (χ0n) is 8.17. The van der Waals surface area contributed by atoms with Crippen molar-refractivity contribution >= 4 is 5.57 Å². The van der Waals surface area contributed by atoms with E-state index in [2.05, 4.69) is 44.2 Å². The summed E-state index contributed by atoms with van der Waals surface area (Å²) in [6, 6.07) is 8.40. The number of nitrogens with two attached hydrogens (primary N) is 1. The molecule has 0 spiro atoms. The molecule has 1 aliphatic carbocycles. The summed E-state index contributed by atoms with van der Waals surface area (Å²) in [7, 11) is 0. The fraction of sp³-hybridized carbons (Fsp3) is 0.333. The van der Waals surface area contributed by atoms with Crippen LogP contribution in [0.3, 0.4) is 0 Å². The SMILES string of the molecule is CC1=CCC(C)(N)c2ccccc21. The molecule has 1 heteroatoms. The Hall–Kier alpha value is -1.08. The van der Waals surface area contributed by atoms with Crippen molar-refractivity contribution in [2.24, 2.45) is 5.73 Å². The summed E-state index contributed by atoms with van der Waals surface area (Å²) >= 11 is 0. The van der Waals surface area contributed by atoms with Gasteiger partial charge in [-0.15, -0.1) is 0 Å². The van der Waals surface area contributed by atoms with Gasteiger partial charge in [-0.3, -0.25) is 0 Å². The number of hydrogen-bond acceptors (Lipinski definition) is 1. The van der Waals surface area contributed by atoms with Crippen molar-refractivity contribution in [2.45, 2.75) is 25.8 Å². The van der Waals surface area contributed by atoms with Gasteiger partial charge in [0.15, 0.2) is 0 Å². The lowest BCUT2D eigenvalue weighted by Gasteiger charge is -2.30. The molecule has 13 heavy (non-hydrogen) atoms. The standard InChI is InChI=1S/C12H15N/c1-9-7-8-12(2,13)11-6-4-3-5-10(9)11/h3-7H,8,13H2,1-2H3. The van der Waals surface area contributed by atoms with Crippen molar-refractivity contribution in [1.29, 1.82) is 0 Å². The minimum Gasteiger partial charge on any atom is -0.321 e. The fourth-order valence-corrected chi connectivity index (χ4v) is 1.91. The first-order valence-electron chi connectivity index (χ1n) is 4.67. The van der Waals surface area contributed by atoms with Gasteiger partial charge < -0.3 is 5.73 Å². The third-order valence-electron chi connectivity index (χ3n) is 2.80. The molecule has 1 unspecified atom stereocenters. The third kappa shape index (κ3) is 1.29. The molecule has 0 bridgehead atoms. The average molecular weight is 173 g/mol. The van der Waals surface area contributed by atoms with Gasteiger partial charge in [0.2, 0.25) is 0 Å². The molecule has 0 saturated carbocycles. The van der Waals surface area contributed by atoms with Crippen LogP contribution in [0.15, 0.2) is 30.3 Å². The Balaban J connectivity index is 2.64. The lowest BCUT2D eigenvalue weighted by atomic mass is 9.79. The van der Waals surface area contributed by atoms with E-state index >= 15 is 0 Å². The van der Waals surface area contributed by atoms with Crippen LogP contribution in [0.1, 0.15) is 31.4 Å². The molecule has 2 N–H and O–H groups in total. The first kappa shape index (κ1) is 8.52. The summed E-state index contributed by atoms with van der Waals surface area (Å²) < 4.78 is 0. The molecule has 68 valence electrons. The molecule has 0 fully saturated rings. The molecule has 1 aromatic carbocycles. The molecular weight excluding hydrogens is 158 g/mol. The summed E-state index contributed by atoms with van der Waals surface area (Å²) in [5.41, 5.74) is 9.95. The summed E-state index contributed by atoms with van der Waals surface area (Å²) in [4.78, 5) is 0. The van der Waals surface area contributed by atoms with E-state index in [1.807, 2.05) is 0 Å². The maximum atomic E-state index is 6.21. The highest BCUT2D eigenvalue weighted by Crippen LogP contribution is 2.34. The van der Waals surface area contributed by atoms with Crippen molar-refractivity contribution in [3.05, 3.63) is 41.5 Å². The second-order valence-corrected chi connectivity index (χ2v) is 4.05. The van der Waals surface area contributed by atoms with Crippen molar-refractivity contribution in [3.8, 4) is 0 Å². The van der Waals surface area contributed by atoms with Crippen LogP contribution in [0, 0.1) is 0 Å². The number of fused-ring (bicyclic) bond motifs is 1. The Morgan fingerprint density at radius 2 is 2.00 bits per heavy atom. The lowest BCUT2D eigenvalue weighted by molar-refractivity contribution is 0.495. The van der Waals surface area contributed by atoms with E-state index in [1.54, 1.807) is 0 Å². The summed E-state index contributed by atoms with van der Waals surface area (Å²) in [6.07, 6.45) is 3.16. The Bertz CT molecular complexity index is 361. The quantitative estimate of drug-likeness (QED) is 0.641. The van der Waals surface area contributed by atoms with Gasteiger partial charge in [0.1, 0.15) is 0 Å². The number of hydrogen-bond donors (Lipinski definition) is 1. The molecule has 1 atom stereocenters. The van der Waals surface area contributed by atoms with Crippen LogP contribution in [0.5, 0.6) is 0 Å². The molecule has 1 aliphatic rings. The van der Waals surface area contributed by atoms with Gasteiger partial charge in [-0.1, -0.05) is 30.3 Å². The van der Waals surface area contributed by atoms with Crippen LogP contribution < -0.4 is 5.73 Å². The molecule has 0 amide bonds. The van der Waals surface area contributed by atoms with Crippen molar-refractivity contribution < 1.29 is 0 Å². The second-order valence-electron chi connectivity index (χ2n) is 4.05. The van der Waals surface area contributed by atoms with E-state index in [9.17, 15) is 0 Å². The van der Waals surface area contributed by atoms with Crippen LogP contribution in [-0.2, 0) is 5.54 Å². The molecule has 0 saturated heterocycles. The summed E-state index contributed by atoms with van der Waals surface area (Å²) in [5, 5.41) is 0. The number of allylic oxidation sites excluding steroid dienone is 1. The zero-order chi connectivity index (χ0) is 9.47. The lowest BCUT2D eigenvalue weighted by Crippen LogP contribution is -2.35. The maximum absolute atomic E-state index is 6.21. The molecule has 1 nitrogen and oxygen atoms in total. The largest absolute Gasteiger partial charge is 0.321 e. The van der Waals surface area contributed by atoms with Gasteiger partial charge in [-0.2, -0.15) is 0 Å². The zero-order valence-corrected chi connectivity index (χ0v) is 8.17. The van der Waals surface area contributed by atoms with Crippen molar-refractivity contribution in [3.63, 3.8) is 0 Å². The van der Waals surface area contributed by atoms with Crippen molar-refractivity contribution in [1.82, 2.24) is 0 Å². The van der Waals surface area contributed by atoms with Crippen LogP contribution in [0.4, 0.5) is 0 Å². The van der Waals surface area contributed by atoms with Gasteiger partial charge in [-0.05, 0) is 37.0 Å². The molecule has 2 rings (SSSR count). The Labute approximate surface area is 79.3 Å². The smallest absolute Gasteiger partial charge is 0.0422 e. The van der Waals surface area contributed by atoms with Crippen molar-refractivity contribution in [2.75, 3.05) is 0 Å². The highest BCUT2D eigenvalue weighted by Gasteiger charge is 2.26. The molecular formula is C12H15N. The number of rotatable bonds is 0. The van der Waals surface area contributed by atoms with E-state index in [0.717, 1.165) is 6.42 Å². The Kier molecular flexibility index (Phi) is 1.77. The number of benzene rings is 1. The van der Waals surface area contributed by atoms with Gasteiger partial charge in [-0.25, -0.2) is 0 Å². The van der Waals surface area contributed by atoms with Gasteiger partial charge in [0.05, 0.1) is 0 Å². The van der Waals surface area contributed by atoms with Gasteiger partial charge in [0, 0.05) is 5.54 Å². The van der Waals surface area contributed by atoms with E-state index in [0.29, 0.717) is 0 Å². The molecule has 0 heterocycles. The van der Waals surface area contributed by atoms with Crippen LogP contribution in [0.2, 0.25) is 0 Å². The van der Waals surface area contributed by atoms with Crippen LogP contribution in [-0.4, -0.2) is 0 Å². The van der Waals surface area contributed by atoms with E-state index < -0.39 is 0 Å². The first-order valence-corrected chi connectivity index (χ1v) is 4.67. The summed E-state index contributed by atoms with van der Waals surface area (Å²) in [6.45, 7) is 4.24. The predicted molar refractivity (Wildman–Crippen MR) is 56.2 cm³/mol. The van der Waals surface area contributed by atoms with E-state index in [4.69, 9.17) is 5.73 Å². The molecule has 0 aromatic heterocycles. The highest BCUT2D eigenvalue weighted by atomic mass is 14.7. The minimum absolute atomic E-state index is 0.184. The van der Waals surface area contributed by atoms with E-state index in [-0.39, 0.29) is 5.54 Å². The first-order chi connectivity index (χ1) is 6.11. The predicted octanol–water partition coefficient (Wildman–Crippen LogP) is 2.67. The molecule has 0 radical (unpaired) electrons. The Morgan fingerprint density at radius 1 is 1.31 bits per heavy atom. The highest BCUT2D eigenvalue weighted by molar-refractivity contribution is 5.70. The third-order valence-corrected chi connectivity index (χ3v) is 2.80. The van der Waals surface area contributed by atoms with Gasteiger partial charge in [0.25, 0.3) is 0 Å². The average Bonchev–Trinajstić information content (AvgIpc) is 2.13. The monoisotopic (exact) mass is 173 g/mol. The fourth-order valence-electron chi connectivity index (χ4n) is 1.91.